The monoisotopic (exact) mass is 348 g/mol. The molecule has 2 fully saturated rings. The van der Waals surface area contributed by atoms with Crippen molar-refractivity contribution in [2.24, 2.45) is 5.92 Å². The van der Waals surface area contributed by atoms with Crippen molar-refractivity contribution in [1.82, 2.24) is 0 Å². The molecule has 0 N–H and O–H groups in total. The molecular formula is C12H19F3O4S2. The van der Waals surface area contributed by atoms with Crippen molar-refractivity contribution in [2.75, 3.05) is 17.3 Å². The average Bonchev–Trinajstić information content (AvgIpc) is 2.97. The highest BCUT2D eigenvalue weighted by Gasteiger charge is 2.52. The van der Waals surface area contributed by atoms with Crippen LogP contribution >= 0.6 is 10.3 Å². The maximum Gasteiger partial charge on any atom is 0.523 e. The van der Waals surface area contributed by atoms with Gasteiger partial charge in [-0.1, -0.05) is 12.8 Å². The van der Waals surface area contributed by atoms with Gasteiger partial charge in [-0.3, -0.25) is 4.79 Å². The van der Waals surface area contributed by atoms with E-state index in [-0.39, 0.29) is 29.0 Å². The van der Waals surface area contributed by atoms with E-state index >= 15 is 0 Å². The predicted molar refractivity (Wildman–Crippen MR) is 74.5 cm³/mol. The third kappa shape index (κ3) is 3.92. The van der Waals surface area contributed by atoms with Crippen molar-refractivity contribution in [2.45, 2.75) is 44.0 Å². The second-order valence-electron chi connectivity index (χ2n) is 5.64. The molecule has 1 heterocycles. The van der Waals surface area contributed by atoms with Crippen LogP contribution in [0.25, 0.3) is 0 Å². The molecule has 0 atom stereocenters. The fourth-order valence-corrected chi connectivity index (χ4v) is 8.20. The van der Waals surface area contributed by atoms with Crippen LogP contribution in [0.15, 0.2) is 0 Å². The summed E-state index contributed by atoms with van der Waals surface area (Å²) < 4.78 is 64.7. The van der Waals surface area contributed by atoms with Crippen LogP contribution in [0.1, 0.15) is 38.5 Å². The molecular weight excluding hydrogens is 329 g/mol. The third-order valence-corrected chi connectivity index (χ3v) is 9.33. The molecule has 4 nitrogen and oxygen atoms in total. The number of rotatable bonds is 5. The first kappa shape index (κ1) is 17.1. The first-order chi connectivity index (χ1) is 9.65. The molecule has 0 bridgehead atoms. The Bertz CT molecular complexity index is 489. The number of hydrogen-bond donors (Lipinski definition) is 0. The van der Waals surface area contributed by atoms with Crippen LogP contribution in [-0.4, -0.2) is 37.0 Å². The molecule has 1 aliphatic heterocycles. The van der Waals surface area contributed by atoms with Crippen molar-refractivity contribution in [3.8, 4) is 0 Å². The minimum Gasteiger partial charge on any atom is -0.298 e. The Balaban J connectivity index is 2.12. The SMILES string of the molecule is O=C(CS1(OS(=O)(=O)C(F)(F)F)CCCC1)C1CCCC1. The lowest BCUT2D eigenvalue weighted by Crippen LogP contribution is -2.31. The molecule has 0 aromatic rings. The van der Waals surface area contributed by atoms with E-state index in [4.69, 9.17) is 0 Å². The zero-order valence-electron chi connectivity index (χ0n) is 11.5. The first-order valence-electron chi connectivity index (χ1n) is 6.97. The first-order valence-corrected chi connectivity index (χ1v) is 10.4. The number of alkyl halides is 3. The molecule has 0 spiro atoms. The van der Waals surface area contributed by atoms with Gasteiger partial charge in [0.05, 0.1) is 5.75 Å². The van der Waals surface area contributed by atoms with Gasteiger partial charge in [-0.2, -0.15) is 21.6 Å². The van der Waals surface area contributed by atoms with Gasteiger partial charge in [-0.15, -0.1) is 10.3 Å². The largest absolute Gasteiger partial charge is 0.523 e. The highest BCUT2D eigenvalue weighted by Crippen LogP contribution is 2.58. The summed E-state index contributed by atoms with van der Waals surface area (Å²) >= 11 is 0. The Hall–Kier alpha value is -0.280. The number of halogens is 3. The second kappa shape index (κ2) is 6.08. The summed E-state index contributed by atoms with van der Waals surface area (Å²) in [4.78, 5) is 12.2. The number of hydrogen-bond acceptors (Lipinski definition) is 4. The molecule has 1 saturated carbocycles. The lowest BCUT2D eigenvalue weighted by Gasteiger charge is -2.34. The van der Waals surface area contributed by atoms with Gasteiger partial charge in [0.15, 0.2) is 0 Å². The van der Waals surface area contributed by atoms with Gasteiger partial charge in [0, 0.05) is 17.4 Å². The summed E-state index contributed by atoms with van der Waals surface area (Å²) in [7, 11) is -8.12. The normalized spacial score (nSPS) is 25.1. The van der Waals surface area contributed by atoms with E-state index in [0.717, 1.165) is 25.7 Å². The van der Waals surface area contributed by atoms with Gasteiger partial charge in [0.1, 0.15) is 5.78 Å². The van der Waals surface area contributed by atoms with Crippen molar-refractivity contribution < 1.29 is 30.0 Å². The van der Waals surface area contributed by atoms with Crippen molar-refractivity contribution in [3.63, 3.8) is 0 Å². The molecule has 0 aromatic carbocycles. The molecule has 0 radical (unpaired) electrons. The van der Waals surface area contributed by atoms with Gasteiger partial charge < -0.3 is 0 Å². The summed E-state index contributed by atoms with van der Waals surface area (Å²) in [5, 5.41) is 0. The summed E-state index contributed by atoms with van der Waals surface area (Å²) in [5.41, 5.74) is -5.42. The van der Waals surface area contributed by atoms with E-state index in [1.54, 1.807) is 0 Å². The Labute approximate surface area is 124 Å². The van der Waals surface area contributed by atoms with Crippen LogP contribution in [0.3, 0.4) is 0 Å². The molecule has 0 unspecified atom stereocenters. The number of carbonyl (C=O) groups excluding carboxylic acids is 1. The summed E-state index contributed by atoms with van der Waals surface area (Å²) in [6.07, 6.45) is 4.61. The summed E-state index contributed by atoms with van der Waals surface area (Å²) in [6.45, 7) is 0. The fraction of sp³-hybridized carbons (Fsp3) is 0.917. The molecule has 2 rings (SSSR count). The molecule has 1 aliphatic carbocycles. The van der Waals surface area contributed by atoms with Crippen LogP contribution in [-0.2, 0) is 18.5 Å². The Kier molecular flexibility index (Phi) is 4.94. The van der Waals surface area contributed by atoms with E-state index < -0.39 is 25.9 Å². The van der Waals surface area contributed by atoms with Crippen LogP contribution in [0.5, 0.6) is 0 Å². The minimum absolute atomic E-state index is 0.123. The average molecular weight is 348 g/mol. The molecule has 1 saturated heterocycles. The zero-order chi connectivity index (χ0) is 15.7. The Morgan fingerprint density at radius 3 is 2.10 bits per heavy atom. The van der Waals surface area contributed by atoms with Gasteiger partial charge >= 0.3 is 15.6 Å². The van der Waals surface area contributed by atoms with E-state index in [2.05, 4.69) is 3.63 Å². The highest BCUT2D eigenvalue weighted by molar-refractivity contribution is 8.33. The van der Waals surface area contributed by atoms with E-state index in [1.165, 1.54) is 0 Å². The second-order valence-corrected chi connectivity index (χ2v) is 10.6. The summed E-state index contributed by atoms with van der Waals surface area (Å²) in [5.74, 6) is 0.128. The van der Waals surface area contributed by atoms with E-state index in [0.29, 0.717) is 12.8 Å². The van der Waals surface area contributed by atoms with E-state index in [9.17, 15) is 26.4 Å². The molecule has 124 valence electrons. The highest BCUT2D eigenvalue weighted by atomic mass is 32.3. The van der Waals surface area contributed by atoms with Crippen LogP contribution < -0.4 is 0 Å². The minimum atomic E-state index is -5.62. The number of Topliss-reactive ketones (excluding diaryl/α,β-unsaturated/α-hetero) is 1. The zero-order valence-corrected chi connectivity index (χ0v) is 13.2. The summed E-state index contributed by atoms with van der Waals surface area (Å²) in [6, 6.07) is 0. The van der Waals surface area contributed by atoms with Crippen molar-refractivity contribution in [1.29, 1.82) is 0 Å². The van der Waals surface area contributed by atoms with Crippen LogP contribution in [0.4, 0.5) is 13.2 Å². The Morgan fingerprint density at radius 2 is 1.62 bits per heavy atom. The molecule has 0 aromatic heterocycles. The number of carbonyl (C=O) groups is 1. The predicted octanol–water partition coefficient (Wildman–Crippen LogP) is 3.13. The van der Waals surface area contributed by atoms with Gasteiger partial charge in [-0.25, -0.2) is 3.63 Å². The fourth-order valence-electron chi connectivity index (χ4n) is 2.92. The quantitative estimate of drug-likeness (QED) is 0.716. The smallest absolute Gasteiger partial charge is 0.298 e. The lowest BCUT2D eigenvalue weighted by molar-refractivity contribution is -0.120. The van der Waals surface area contributed by atoms with Crippen LogP contribution in [0.2, 0.25) is 0 Å². The molecule has 9 heteroatoms. The maximum absolute atomic E-state index is 12.5. The topological polar surface area (TPSA) is 60.4 Å². The molecule has 0 amide bonds. The van der Waals surface area contributed by atoms with Gasteiger partial charge in [0.25, 0.3) is 0 Å². The standard InChI is InChI=1S/C12H19F3O4S2/c13-12(14,15)21(17,18)19-20(7-3-4-8-20)9-11(16)10-5-1-2-6-10/h10H,1-9H2. The van der Waals surface area contributed by atoms with E-state index in [1.807, 2.05) is 0 Å². The number of ketones is 1. The van der Waals surface area contributed by atoms with Crippen LogP contribution in [0, 0.1) is 5.92 Å². The maximum atomic E-state index is 12.5. The molecule has 21 heavy (non-hydrogen) atoms. The Morgan fingerprint density at radius 1 is 1.10 bits per heavy atom. The van der Waals surface area contributed by atoms with Crippen molar-refractivity contribution >= 4 is 26.2 Å². The lowest BCUT2D eigenvalue weighted by atomic mass is 10.0. The third-order valence-electron chi connectivity index (χ3n) is 4.02. The van der Waals surface area contributed by atoms with Crippen molar-refractivity contribution in [3.05, 3.63) is 0 Å². The van der Waals surface area contributed by atoms with Gasteiger partial charge in [-0.05, 0) is 25.7 Å². The van der Waals surface area contributed by atoms with Gasteiger partial charge in [0.2, 0.25) is 0 Å². The molecule has 2 aliphatic rings.